The number of fused-ring (bicyclic) bond motifs is 7. The van der Waals surface area contributed by atoms with Gasteiger partial charge >= 0.3 is 0 Å². The molecule has 1 aromatic heterocycles. The molecule has 13 nitrogen and oxygen atoms in total. The van der Waals surface area contributed by atoms with Crippen LogP contribution in [-0.2, 0) is 33.9 Å². The second-order valence-corrected chi connectivity index (χ2v) is 18.9. The van der Waals surface area contributed by atoms with Gasteiger partial charge in [-0.25, -0.2) is 17.6 Å². The van der Waals surface area contributed by atoms with Crippen LogP contribution in [0.3, 0.4) is 0 Å². The van der Waals surface area contributed by atoms with E-state index in [1.807, 2.05) is 4.90 Å². The van der Waals surface area contributed by atoms with Gasteiger partial charge in [0, 0.05) is 79.3 Å². The molecule has 0 aliphatic carbocycles. The average molecular weight is 881 g/mol. The Labute approximate surface area is 366 Å². The standard InChI is InChI=1S/C47H48F4N8O5/c1-23-12-32-31(4-5-38-35(32)19-52-54-38)43(57(23)22-40(50)51)42-36(48)17-30(18-37(42)49)55-10-8-24(9-11-55)45(62)58-27-2-3-28(58)16-29(15-27)56-20-25-13-33-34(14-26(25)21-56)47(64)59(46(33)63)39-6-7-41(60)53-44(39)61/h4-5,13-14,17-19,23-24,27-29,39-40,43H,2-3,6-12,15-16,20-22H2,1H3,(H,52,54)(H,53,60,61)/t23-,27?,28?,29?,39?,43+/m1/s1. The van der Waals surface area contributed by atoms with Gasteiger partial charge in [0.05, 0.1) is 35.4 Å². The van der Waals surface area contributed by atoms with E-state index in [1.165, 1.54) is 17.0 Å². The van der Waals surface area contributed by atoms with Crippen molar-refractivity contribution in [2.45, 2.75) is 120 Å². The third kappa shape index (κ3) is 6.62. The molecule has 4 saturated heterocycles. The number of halogens is 4. The number of amides is 5. The monoisotopic (exact) mass is 880 g/mol. The van der Waals surface area contributed by atoms with Crippen molar-refractivity contribution in [3.05, 3.63) is 93.2 Å². The highest BCUT2D eigenvalue weighted by atomic mass is 19.3. The van der Waals surface area contributed by atoms with Gasteiger partial charge in [0.15, 0.2) is 0 Å². The number of nitrogens with zero attached hydrogens (tertiary/aromatic N) is 6. The summed E-state index contributed by atoms with van der Waals surface area (Å²) in [4.78, 5) is 74.3. The first kappa shape index (κ1) is 41.1. The Morgan fingerprint density at radius 3 is 2.14 bits per heavy atom. The predicted molar refractivity (Wildman–Crippen MR) is 224 cm³/mol. The lowest BCUT2D eigenvalue weighted by Gasteiger charge is -2.44. The number of benzene rings is 3. The van der Waals surface area contributed by atoms with Crippen LogP contribution in [0.5, 0.6) is 0 Å². The molecule has 334 valence electrons. The van der Waals surface area contributed by atoms with Gasteiger partial charge in [-0.2, -0.15) is 5.10 Å². The summed E-state index contributed by atoms with van der Waals surface area (Å²) in [6, 6.07) is 7.61. The number of aromatic nitrogens is 2. The minimum atomic E-state index is -2.70. The summed E-state index contributed by atoms with van der Waals surface area (Å²) < 4.78 is 60.7. The van der Waals surface area contributed by atoms with Crippen molar-refractivity contribution >= 4 is 46.1 Å². The zero-order chi connectivity index (χ0) is 44.3. The van der Waals surface area contributed by atoms with Gasteiger partial charge < -0.3 is 9.80 Å². The molecule has 0 saturated carbocycles. The van der Waals surface area contributed by atoms with E-state index in [-0.39, 0.29) is 59.5 Å². The highest BCUT2D eigenvalue weighted by molar-refractivity contribution is 6.23. The molecular formula is C47H48F4N8O5. The Hall–Kier alpha value is -5.68. The van der Waals surface area contributed by atoms with E-state index in [1.54, 1.807) is 37.4 Å². The molecule has 2 bridgehead atoms. The van der Waals surface area contributed by atoms with E-state index >= 15 is 8.78 Å². The number of anilines is 1. The number of alkyl halides is 2. The fraction of sp³-hybridized carbons (Fsp3) is 0.489. The number of hydrogen-bond acceptors (Lipinski definition) is 9. The lowest BCUT2D eigenvalue weighted by Crippen LogP contribution is -2.54. The molecule has 17 heteroatoms. The summed E-state index contributed by atoms with van der Waals surface area (Å²) in [6.45, 7) is 3.26. The van der Waals surface area contributed by atoms with E-state index in [0.29, 0.717) is 56.7 Å². The van der Waals surface area contributed by atoms with Gasteiger partial charge in [-0.15, -0.1) is 0 Å². The van der Waals surface area contributed by atoms with Crippen molar-refractivity contribution in [1.29, 1.82) is 0 Å². The molecule has 5 amide bonds. The summed E-state index contributed by atoms with van der Waals surface area (Å²) in [5.41, 5.74) is 4.80. The highest BCUT2D eigenvalue weighted by Gasteiger charge is 2.49. The van der Waals surface area contributed by atoms with Crippen LogP contribution in [0, 0.1) is 17.6 Å². The minimum absolute atomic E-state index is 0.0605. The molecule has 2 N–H and O–H groups in total. The first-order valence-corrected chi connectivity index (χ1v) is 22.5. The second-order valence-electron chi connectivity index (χ2n) is 18.9. The maximum Gasteiger partial charge on any atom is 0.262 e. The van der Waals surface area contributed by atoms with Gasteiger partial charge in [0.25, 0.3) is 18.2 Å². The summed E-state index contributed by atoms with van der Waals surface area (Å²) >= 11 is 0. The molecular weight excluding hydrogens is 833 g/mol. The van der Waals surface area contributed by atoms with Crippen LogP contribution in [0.2, 0.25) is 0 Å². The van der Waals surface area contributed by atoms with Crippen molar-refractivity contribution in [3.63, 3.8) is 0 Å². The van der Waals surface area contributed by atoms with Crippen molar-refractivity contribution in [3.8, 4) is 0 Å². The lowest BCUT2D eigenvalue weighted by atomic mass is 9.83. The van der Waals surface area contributed by atoms with Crippen LogP contribution < -0.4 is 10.2 Å². The summed E-state index contributed by atoms with van der Waals surface area (Å²) in [5.74, 6) is -3.77. The van der Waals surface area contributed by atoms with Crippen LogP contribution in [0.25, 0.3) is 10.9 Å². The van der Waals surface area contributed by atoms with Crippen molar-refractivity contribution in [1.82, 2.24) is 35.1 Å². The van der Waals surface area contributed by atoms with Gasteiger partial charge in [-0.3, -0.25) is 49.1 Å². The maximum atomic E-state index is 16.4. The fourth-order valence-electron chi connectivity index (χ4n) is 12.3. The molecule has 4 fully saturated rings. The van der Waals surface area contributed by atoms with Crippen molar-refractivity contribution in [2.24, 2.45) is 5.92 Å². The zero-order valence-electron chi connectivity index (χ0n) is 35.3. The Morgan fingerprint density at radius 2 is 1.52 bits per heavy atom. The van der Waals surface area contributed by atoms with Crippen LogP contribution in [0.4, 0.5) is 23.2 Å². The molecule has 11 rings (SSSR count). The topological polar surface area (TPSA) is 142 Å². The van der Waals surface area contributed by atoms with Gasteiger partial charge in [0.2, 0.25) is 17.7 Å². The molecule has 64 heavy (non-hydrogen) atoms. The van der Waals surface area contributed by atoms with E-state index in [4.69, 9.17) is 0 Å². The number of rotatable bonds is 7. The average Bonchev–Trinajstić information content (AvgIpc) is 4.04. The molecule has 7 aliphatic heterocycles. The van der Waals surface area contributed by atoms with E-state index < -0.39 is 66.4 Å². The number of H-pyrrole nitrogens is 1. The third-order valence-electron chi connectivity index (χ3n) is 15.3. The number of carbonyl (C=O) groups excluding carboxylic acids is 5. The summed E-state index contributed by atoms with van der Waals surface area (Å²) in [7, 11) is 0. The first-order valence-electron chi connectivity index (χ1n) is 22.5. The Kier molecular flexibility index (Phi) is 9.94. The van der Waals surface area contributed by atoms with Crippen molar-refractivity contribution in [2.75, 3.05) is 24.5 Å². The third-order valence-corrected chi connectivity index (χ3v) is 15.3. The second kappa shape index (κ2) is 15.5. The minimum Gasteiger partial charge on any atom is -0.371 e. The number of carbonyl (C=O) groups is 5. The number of aromatic amines is 1. The first-order chi connectivity index (χ1) is 30.8. The number of nitrogens with one attached hydrogen (secondary N) is 2. The van der Waals surface area contributed by atoms with E-state index in [0.717, 1.165) is 58.2 Å². The number of hydrogen-bond donors (Lipinski definition) is 2. The fourth-order valence-corrected chi connectivity index (χ4v) is 12.3. The largest absolute Gasteiger partial charge is 0.371 e. The SMILES string of the molecule is C[C@@H]1Cc2c(ccc3[nH]ncc23)[C@@H](c2c(F)cc(N3CCC(C(=O)N4C5CCC4CC(N4Cc6cc7c(cc6C4)C(=O)N(C4CCC(=O)NC4=O)C7=O)C5)CC3)cc2F)N1CC(F)F. The molecule has 3 unspecified atom stereocenters. The molecule has 3 aromatic carbocycles. The van der Waals surface area contributed by atoms with Gasteiger partial charge in [0.1, 0.15) is 17.7 Å². The molecule has 7 aliphatic rings. The summed E-state index contributed by atoms with van der Waals surface area (Å²) in [6.07, 6.45) is 4.08. The van der Waals surface area contributed by atoms with E-state index in [9.17, 15) is 32.8 Å². The Bertz CT molecular complexity index is 2570. The Balaban J connectivity index is 0.738. The smallest absolute Gasteiger partial charge is 0.262 e. The zero-order valence-corrected chi connectivity index (χ0v) is 35.3. The predicted octanol–water partition coefficient (Wildman–Crippen LogP) is 5.60. The van der Waals surface area contributed by atoms with Crippen LogP contribution in [0.15, 0.2) is 42.6 Å². The normalized spacial score (nSPS) is 27.5. The maximum absolute atomic E-state index is 16.4. The van der Waals surface area contributed by atoms with Crippen LogP contribution >= 0.6 is 0 Å². The van der Waals surface area contributed by atoms with Gasteiger partial charge in [-0.1, -0.05) is 6.07 Å². The van der Waals surface area contributed by atoms with Gasteiger partial charge in [-0.05, 0) is 111 Å². The highest BCUT2D eigenvalue weighted by Crippen LogP contribution is 2.45. The Morgan fingerprint density at radius 1 is 0.859 bits per heavy atom. The molecule has 4 aromatic rings. The molecule has 8 heterocycles. The molecule has 0 radical (unpaired) electrons. The molecule has 5 atom stereocenters. The van der Waals surface area contributed by atoms with Crippen LogP contribution in [0.1, 0.15) is 113 Å². The lowest BCUT2D eigenvalue weighted by molar-refractivity contribution is -0.142. The number of piperidine rings is 3. The van der Waals surface area contributed by atoms with Crippen LogP contribution in [-0.4, -0.2) is 116 Å². The summed E-state index contributed by atoms with van der Waals surface area (Å²) in [5, 5.41) is 10.1. The van der Waals surface area contributed by atoms with Crippen molar-refractivity contribution < 1.29 is 41.5 Å². The quantitative estimate of drug-likeness (QED) is 0.179. The molecule has 0 spiro atoms. The number of imide groups is 2. The van der Waals surface area contributed by atoms with E-state index in [2.05, 4.69) is 25.3 Å².